The molecule has 3 aromatic rings. The number of anilines is 1. The number of nitrogens with two attached hydrogens (primary N) is 1. The number of alkyl halides is 2. The molecule has 10 heteroatoms. The van der Waals surface area contributed by atoms with Crippen LogP contribution >= 0.6 is 11.3 Å². The van der Waals surface area contributed by atoms with Gasteiger partial charge in [-0.2, -0.15) is 5.10 Å². The van der Waals surface area contributed by atoms with Crippen molar-refractivity contribution < 1.29 is 18.4 Å². The quantitative estimate of drug-likeness (QED) is 0.665. The van der Waals surface area contributed by atoms with E-state index < -0.39 is 12.3 Å². The zero-order valence-electron chi connectivity index (χ0n) is 15.6. The lowest BCUT2D eigenvalue weighted by atomic mass is 10.1. The van der Waals surface area contributed by atoms with E-state index >= 15 is 0 Å². The molecule has 0 radical (unpaired) electrons. The molecule has 0 aliphatic carbocycles. The minimum Gasteiger partial charge on any atom is -0.369 e. The Labute approximate surface area is 169 Å². The molecule has 0 bridgehead atoms. The van der Waals surface area contributed by atoms with Crippen LogP contribution in [0.25, 0.3) is 10.2 Å². The molecular weight excluding hydrogens is 400 g/mol. The smallest absolute Gasteiger partial charge is 0.282 e. The Balaban J connectivity index is 1.48. The number of aryl methyl sites for hydroxylation is 1. The minimum atomic E-state index is -2.70. The second-order valence-electron chi connectivity index (χ2n) is 6.93. The van der Waals surface area contributed by atoms with Gasteiger partial charge in [-0.05, 0) is 24.6 Å². The Bertz CT molecular complexity index is 1090. The second-order valence-corrected chi connectivity index (χ2v) is 7.96. The molecule has 3 N–H and O–H groups in total. The van der Waals surface area contributed by atoms with Gasteiger partial charge in [0, 0.05) is 37.3 Å². The van der Waals surface area contributed by atoms with Crippen molar-refractivity contribution in [3.05, 3.63) is 46.5 Å². The number of para-hydroxylation sites is 1. The largest absolute Gasteiger partial charge is 0.369 e. The SMILES string of the molecule is Cn1nc(C(F)F)c2cc(C(=O)NC3CCN(c4ccccc4C(N)=O)C3)sc21. The van der Waals surface area contributed by atoms with Gasteiger partial charge < -0.3 is 16.0 Å². The van der Waals surface area contributed by atoms with Gasteiger partial charge in [-0.15, -0.1) is 11.3 Å². The van der Waals surface area contributed by atoms with Crippen molar-refractivity contribution in [1.29, 1.82) is 0 Å². The highest BCUT2D eigenvalue weighted by Crippen LogP contribution is 2.33. The molecule has 7 nitrogen and oxygen atoms in total. The molecule has 0 spiro atoms. The monoisotopic (exact) mass is 419 g/mol. The summed E-state index contributed by atoms with van der Waals surface area (Å²) in [7, 11) is 1.58. The summed E-state index contributed by atoms with van der Waals surface area (Å²) in [5.41, 5.74) is 6.32. The van der Waals surface area contributed by atoms with Crippen LogP contribution in [-0.4, -0.2) is 40.7 Å². The van der Waals surface area contributed by atoms with E-state index in [0.29, 0.717) is 40.2 Å². The van der Waals surface area contributed by atoms with Crippen LogP contribution in [0.15, 0.2) is 30.3 Å². The molecule has 1 aliphatic rings. The van der Waals surface area contributed by atoms with Crippen LogP contribution in [0.2, 0.25) is 0 Å². The molecule has 152 valence electrons. The molecule has 1 aliphatic heterocycles. The average molecular weight is 419 g/mol. The highest BCUT2D eigenvalue weighted by molar-refractivity contribution is 7.20. The van der Waals surface area contributed by atoms with Gasteiger partial charge in [-0.25, -0.2) is 8.78 Å². The summed E-state index contributed by atoms with van der Waals surface area (Å²) in [5, 5.41) is 7.09. The van der Waals surface area contributed by atoms with Crippen LogP contribution in [0, 0.1) is 0 Å². The standard InChI is InChI=1S/C19H19F2N5O2S/c1-25-19-12(15(24-25)16(20)21)8-14(29-19)18(28)23-10-6-7-26(9-10)13-5-3-2-4-11(13)17(22)27/h2-5,8,10,16H,6-7,9H2,1H3,(H2,22,27)(H,23,28). The number of hydrogen-bond donors (Lipinski definition) is 2. The third kappa shape index (κ3) is 3.55. The molecule has 4 rings (SSSR count). The van der Waals surface area contributed by atoms with Crippen LogP contribution in [0.1, 0.15) is 38.6 Å². The Kier molecular flexibility index (Phi) is 4.95. The summed E-state index contributed by atoms with van der Waals surface area (Å²) in [4.78, 5) is 27.2. The number of carbonyl (C=O) groups excluding carboxylic acids is 2. The molecule has 29 heavy (non-hydrogen) atoms. The van der Waals surface area contributed by atoms with E-state index in [-0.39, 0.29) is 17.6 Å². The maximum absolute atomic E-state index is 13.1. The Morgan fingerprint density at radius 2 is 2.10 bits per heavy atom. The zero-order valence-corrected chi connectivity index (χ0v) is 16.4. The van der Waals surface area contributed by atoms with E-state index in [1.807, 2.05) is 17.0 Å². The highest BCUT2D eigenvalue weighted by Gasteiger charge is 2.28. The topological polar surface area (TPSA) is 93.2 Å². The minimum absolute atomic E-state index is 0.124. The number of hydrogen-bond acceptors (Lipinski definition) is 5. The maximum atomic E-state index is 13.1. The highest BCUT2D eigenvalue weighted by atomic mass is 32.1. The number of nitrogens with zero attached hydrogens (tertiary/aromatic N) is 3. The molecule has 1 unspecified atom stereocenters. The lowest BCUT2D eigenvalue weighted by molar-refractivity contribution is 0.0943. The van der Waals surface area contributed by atoms with Crippen LogP contribution < -0.4 is 16.0 Å². The van der Waals surface area contributed by atoms with Crippen molar-refractivity contribution in [2.75, 3.05) is 18.0 Å². The van der Waals surface area contributed by atoms with Gasteiger partial charge in [0.1, 0.15) is 10.5 Å². The lowest BCUT2D eigenvalue weighted by Crippen LogP contribution is -2.37. The third-order valence-electron chi connectivity index (χ3n) is 5.00. The van der Waals surface area contributed by atoms with Crippen molar-refractivity contribution in [2.24, 2.45) is 12.8 Å². The van der Waals surface area contributed by atoms with Gasteiger partial charge in [-0.1, -0.05) is 12.1 Å². The van der Waals surface area contributed by atoms with Gasteiger partial charge in [0.2, 0.25) is 0 Å². The number of thiophene rings is 1. The van der Waals surface area contributed by atoms with Crippen molar-refractivity contribution in [1.82, 2.24) is 15.1 Å². The first-order valence-corrected chi connectivity index (χ1v) is 9.86. The van der Waals surface area contributed by atoms with Crippen LogP contribution in [0.5, 0.6) is 0 Å². The van der Waals surface area contributed by atoms with Gasteiger partial charge in [0.25, 0.3) is 18.2 Å². The first kappa shape index (κ1) is 19.3. The van der Waals surface area contributed by atoms with Gasteiger partial charge >= 0.3 is 0 Å². The number of carbonyl (C=O) groups is 2. The van der Waals surface area contributed by atoms with Crippen molar-refractivity contribution in [3.8, 4) is 0 Å². The summed E-state index contributed by atoms with van der Waals surface area (Å²) in [5.74, 6) is -0.803. The Morgan fingerprint density at radius 1 is 1.34 bits per heavy atom. The second kappa shape index (κ2) is 7.43. The fraction of sp³-hybridized carbons (Fsp3) is 0.316. The average Bonchev–Trinajstić information content (AvgIpc) is 3.38. The zero-order chi connectivity index (χ0) is 20.7. The molecule has 1 fully saturated rings. The van der Waals surface area contributed by atoms with Gasteiger partial charge in [0.15, 0.2) is 0 Å². The fourth-order valence-electron chi connectivity index (χ4n) is 3.65. The summed E-state index contributed by atoms with van der Waals surface area (Å²) < 4.78 is 27.6. The lowest BCUT2D eigenvalue weighted by Gasteiger charge is -2.21. The normalized spacial score (nSPS) is 16.7. The number of aromatic nitrogens is 2. The van der Waals surface area contributed by atoms with Crippen molar-refractivity contribution in [3.63, 3.8) is 0 Å². The number of nitrogens with one attached hydrogen (secondary N) is 1. The first-order valence-electron chi connectivity index (χ1n) is 9.04. The van der Waals surface area contributed by atoms with E-state index in [1.165, 1.54) is 10.7 Å². The van der Waals surface area contributed by atoms with E-state index in [0.717, 1.165) is 17.0 Å². The number of primary amides is 1. The van der Waals surface area contributed by atoms with Gasteiger partial charge in [-0.3, -0.25) is 14.3 Å². The maximum Gasteiger partial charge on any atom is 0.282 e. The van der Waals surface area contributed by atoms with Crippen LogP contribution in [0.4, 0.5) is 14.5 Å². The predicted molar refractivity (Wildman–Crippen MR) is 107 cm³/mol. The number of rotatable bonds is 5. The van der Waals surface area contributed by atoms with E-state index in [2.05, 4.69) is 10.4 Å². The number of halogens is 2. The van der Waals surface area contributed by atoms with E-state index in [9.17, 15) is 18.4 Å². The fourth-order valence-corrected chi connectivity index (χ4v) is 4.63. The number of fused-ring (bicyclic) bond motifs is 1. The third-order valence-corrected chi connectivity index (χ3v) is 6.20. The predicted octanol–water partition coefficient (Wildman–Crippen LogP) is 2.68. The molecule has 1 atom stereocenters. The van der Waals surface area contributed by atoms with Crippen molar-refractivity contribution in [2.45, 2.75) is 18.9 Å². The summed E-state index contributed by atoms with van der Waals surface area (Å²) in [6.07, 6.45) is -1.99. The van der Waals surface area contributed by atoms with E-state index in [1.54, 1.807) is 19.2 Å². The molecule has 3 heterocycles. The molecule has 1 aromatic carbocycles. The van der Waals surface area contributed by atoms with Crippen LogP contribution in [-0.2, 0) is 7.05 Å². The Morgan fingerprint density at radius 3 is 2.83 bits per heavy atom. The van der Waals surface area contributed by atoms with Gasteiger partial charge in [0.05, 0.1) is 10.4 Å². The van der Waals surface area contributed by atoms with E-state index in [4.69, 9.17) is 5.73 Å². The summed E-state index contributed by atoms with van der Waals surface area (Å²) in [6, 6.07) is 8.44. The van der Waals surface area contributed by atoms with Crippen LogP contribution in [0.3, 0.4) is 0 Å². The molecular formula is C19H19F2N5O2S. The molecule has 1 saturated heterocycles. The molecule has 2 aromatic heterocycles. The molecule has 0 saturated carbocycles. The summed E-state index contributed by atoms with van der Waals surface area (Å²) in [6.45, 7) is 1.20. The molecule has 2 amide bonds. The number of benzene rings is 1. The summed E-state index contributed by atoms with van der Waals surface area (Å²) >= 11 is 1.14. The number of amides is 2. The van der Waals surface area contributed by atoms with Crippen molar-refractivity contribution >= 4 is 39.1 Å². The first-order chi connectivity index (χ1) is 13.8. The Hall–Kier alpha value is -3.01.